The number of hydrogen-bond acceptors (Lipinski definition) is 0. The van der Waals surface area contributed by atoms with E-state index in [4.69, 9.17) is 0 Å². The van der Waals surface area contributed by atoms with E-state index in [1.54, 1.807) is 0 Å². The molecular weight excluding hydrogens is 239 g/mol. The molecule has 0 aromatic heterocycles. The van der Waals surface area contributed by atoms with Gasteiger partial charge in [-0.25, -0.2) is 0 Å². The summed E-state index contributed by atoms with van der Waals surface area (Å²) in [5.74, 6) is 0. The summed E-state index contributed by atoms with van der Waals surface area (Å²) in [6.07, 6.45) is 9.18. The van der Waals surface area contributed by atoms with Crippen LogP contribution in [0.4, 0.5) is 0 Å². The topological polar surface area (TPSA) is 0 Å². The first-order valence-corrected chi connectivity index (χ1v) is 8.76. The molecule has 0 saturated heterocycles. The molecule has 0 unspecified atom stereocenters. The Balaban J connectivity index is 2.90. The normalized spacial score (nSPS) is 21.9. The van der Waals surface area contributed by atoms with Crippen molar-refractivity contribution < 1.29 is 0 Å². The molecule has 0 aromatic rings. The Hall–Kier alpha value is 0.567. The van der Waals surface area contributed by atoms with E-state index in [-0.39, 0.29) is 0 Å². The summed E-state index contributed by atoms with van der Waals surface area (Å²) >= 11 is 1.35. The third-order valence-electron chi connectivity index (χ3n) is 2.15. The molecule has 2 radical (unpaired) electrons. The molecule has 0 N–H and O–H groups in total. The van der Waals surface area contributed by atoms with Gasteiger partial charge in [0.05, 0.1) is 0 Å². The fourth-order valence-corrected chi connectivity index (χ4v) is 2.81. The van der Waals surface area contributed by atoms with Crippen LogP contribution in [0, 0.1) is 0 Å². The molecule has 10 heavy (non-hydrogen) atoms. The predicted molar refractivity (Wildman–Crippen MR) is 50.1 cm³/mol. The molecule has 0 fully saturated rings. The summed E-state index contributed by atoms with van der Waals surface area (Å²) in [4.78, 5) is 0. The molecule has 0 bridgehead atoms. The average Bonchev–Trinajstić information content (AvgIpc) is 2.13. The second kappa shape index (κ2) is 2.56. The van der Waals surface area contributed by atoms with Crippen LogP contribution in [0.1, 0.15) is 0 Å². The monoisotopic (exact) mass is 252 g/mol. The maximum absolute atomic E-state index is 2.44. The molecule has 1 rings (SSSR count). The summed E-state index contributed by atoms with van der Waals surface area (Å²) in [5, 5.41) is 0. The molecule has 0 spiro atoms. The summed E-state index contributed by atoms with van der Waals surface area (Å²) in [5.41, 5.74) is 0. The van der Waals surface area contributed by atoms with E-state index in [0.29, 0.717) is 2.79 Å². The molecule has 1 aliphatic rings. The fraction of sp³-hybridized carbons (Fsp3) is 0.500. The van der Waals surface area contributed by atoms with Crippen molar-refractivity contribution in [1.29, 1.82) is 0 Å². The van der Waals surface area contributed by atoms with Gasteiger partial charge in [-0.2, -0.15) is 0 Å². The third kappa shape index (κ3) is 1.42. The molecule has 52 valence electrons. The molecule has 0 saturated carbocycles. The molecule has 0 aliphatic heterocycles. The van der Waals surface area contributed by atoms with Crippen molar-refractivity contribution in [2.75, 3.05) is 0 Å². The molecule has 1 aliphatic carbocycles. The third-order valence-corrected chi connectivity index (χ3v) is 13.6. The molecule has 0 nitrogen and oxygen atoms in total. The van der Waals surface area contributed by atoms with E-state index in [1.165, 1.54) is 24.4 Å². The first-order chi connectivity index (χ1) is 4.46. The van der Waals surface area contributed by atoms with E-state index in [1.807, 2.05) is 0 Å². The average molecular weight is 252 g/mol. The predicted octanol–water partition coefficient (Wildman–Crippen LogP) is 2.32. The zero-order valence-corrected chi connectivity index (χ0v) is 11.2. The molecule has 0 heterocycles. The Morgan fingerprint density at radius 3 is 1.70 bits per heavy atom. The van der Waals surface area contributed by atoms with Gasteiger partial charge in [0, 0.05) is 0 Å². The van der Waals surface area contributed by atoms with Crippen LogP contribution >= 0.6 is 0 Å². The minimum absolute atomic E-state index is 0.540. The van der Waals surface area contributed by atoms with Crippen molar-refractivity contribution in [2.24, 2.45) is 0 Å². The SMILES string of the molecule is C[Si](C)(C)[C]1([In])C=CC=C1. The van der Waals surface area contributed by atoms with Crippen LogP contribution in [0.5, 0.6) is 0 Å². The Morgan fingerprint density at radius 1 is 1.10 bits per heavy atom. The standard InChI is InChI=1S/C8H13Si.In/c1-9(2,3)8-6-4-5-7-8;/h4-7H,1-3H3;. The van der Waals surface area contributed by atoms with Gasteiger partial charge in [0.15, 0.2) is 0 Å². The van der Waals surface area contributed by atoms with Crippen LogP contribution in [-0.4, -0.2) is 32.4 Å². The summed E-state index contributed by atoms with van der Waals surface area (Å²) in [6, 6.07) is 0. The van der Waals surface area contributed by atoms with Crippen molar-refractivity contribution in [1.82, 2.24) is 0 Å². The van der Waals surface area contributed by atoms with Crippen molar-refractivity contribution in [2.45, 2.75) is 22.4 Å². The van der Waals surface area contributed by atoms with Gasteiger partial charge in [-0.05, 0) is 0 Å². The van der Waals surface area contributed by atoms with Crippen LogP contribution in [-0.2, 0) is 0 Å². The zero-order valence-electron chi connectivity index (χ0n) is 6.89. The first-order valence-electron chi connectivity index (χ1n) is 3.62. The van der Waals surface area contributed by atoms with Gasteiger partial charge in [-0.3, -0.25) is 0 Å². The summed E-state index contributed by atoms with van der Waals surface area (Å²) < 4.78 is 0.540. The second-order valence-electron chi connectivity index (χ2n) is 3.90. The van der Waals surface area contributed by atoms with Crippen LogP contribution in [0.2, 0.25) is 22.4 Å². The van der Waals surface area contributed by atoms with E-state index in [9.17, 15) is 0 Å². The van der Waals surface area contributed by atoms with Gasteiger partial charge in [0.25, 0.3) is 0 Å². The summed E-state index contributed by atoms with van der Waals surface area (Å²) in [7, 11) is -0.964. The van der Waals surface area contributed by atoms with Crippen LogP contribution in [0.25, 0.3) is 0 Å². The molecule has 0 amide bonds. The van der Waals surface area contributed by atoms with E-state index in [0.717, 1.165) is 0 Å². The zero-order chi connectivity index (χ0) is 7.83. The molecular formula is C8H13InSi. The van der Waals surface area contributed by atoms with Gasteiger partial charge >= 0.3 is 79.2 Å². The van der Waals surface area contributed by atoms with E-state index < -0.39 is 8.07 Å². The van der Waals surface area contributed by atoms with Crippen LogP contribution in [0.3, 0.4) is 0 Å². The van der Waals surface area contributed by atoms with Crippen molar-refractivity contribution in [3.8, 4) is 0 Å². The van der Waals surface area contributed by atoms with Crippen molar-refractivity contribution >= 4 is 32.4 Å². The Kier molecular flexibility index (Phi) is 2.22. The fourth-order valence-electron chi connectivity index (χ4n) is 0.985. The molecule has 0 atom stereocenters. The van der Waals surface area contributed by atoms with E-state index in [2.05, 4.69) is 43.9 Å². The van der Waals surface area contributed by atoms with E-state index >= 15 is 0 Å². The second-order valence-corrected chi connectivity index (χ2v) is 13.6. The summed E-state index contributed by atoms with van der Waals surface area (Å²) in [6.45, 7) is 7.33. The molecule has 0 aromatic carbocycles. The van der Waals surface area contributed by atoms with Gasteiger partial charge in [-0.15, -0.1) is 0 Å². The quantitative estimate of drug-likeness (QED) is 0.628. The van der Waals surface area contributed by atoms with Gasteiger partial charge in [-0.1, -0.05) is 0 Å². The minimum atomic E-state index is -0.964. The number of rotatable bonds is 1. The number of allylic oxidation sites excluding steroid dienone is 4. The van der Waals surface area contributed by atoms with Crippen molar-refractivity contribution in [3.05, 3.63) is 24.3 Å². The Morgan fingerprint density at radius 2 is 1.50 bits per heavy atom. The van der Waals surface area contributed by atoms with Crippen LogP contribution < -0.4 is 0 Å². The molecule has 2 heteroatoms. The first kappa shape index (κ1) is 8.66. The Labute approximate surface area is 79.0 Å². The van der Waals surface area contributed by atoms with Crippen molar-refractivity contribution in [3.63, 3.8) is 0 Å². The number of hydrogen-bond donors (Lipinski definition) is 0. The maximum atomic E-state index is 2.44. The van der Waals surface area contributed by atoms with Gasteiger partial charge in [0.1, 0.15) is 0 Å². The van der Waals surface area contributed by atoms with Gasteiger partial charge < -0.3 is 0 Å². The van der Waals surface area contributed by atoms with Crippen LogP contribution in [0.15, 0.2) is 24.3 Å². The Bertz CT molecular complexity index is 174. The van der Waals surface area contributed by atoms with Gasteiger partial charge in [0.2, 0.25) is 0 Å².